The Bertz CT molecular complexity index is 794. The number of ether oxygens (including phenoxy) is 2. The van der Waals surface area contributed by atoms with Crippen LogP contribution in [-0.4, -0.2) is 25.8 Å². The van der Waals surface area contributed by atoms with Gasteiger partial charge >= 0.3 is 6.18 Å². The molecule has 0 bridgehead atoms. The number of benzene rings is 2. The summed E-state index contributed by atoms with van der Waals surface area (Å²) in [6.45, 7) is 2.41. The van der Waals surface area contributed by atoms with E-state index in [1.54, 1.807) is 42.3 Å². The van der Waals surface area contributed by atoms with E-state index >= 15 is 0 Å². The van der Waals surface area contributed by atoms with Gasteiger partial charge in [0.05, 0.1) is 24.9 Å². The van der Waals surface area contributed by atoms with Crippen LogP contribution < -0.4 is 9.64 Å². The second-order valence-corrected chi connectivity index (χ2v) is 5.90. The van der Waals surface area contributed by atoms with Crippen LogP contribution in [0, 0.1) is 0 Å². The van der Waals surface area contributed by atoms with E-state index in [1.807, 2.05) is 6.92 Å². The molecule has 3 rings (SSSR count). The number of methoxy groups -OCH3 is 1. The average Bonchev–Trinajstić information content (AvgIpc) is 3.05. The lowest BCUT2D eigenvalue weighted by molar-refractivity contribution is -0.137. The van der Waals surface area contributed by atoms with Crippen LogP contribution in [0.2, 0.25) is 0 Å². The van der Waals surface area contributed by atoms with Crippen molar-refractivity contribution in [1.82, 2.24) is 0 Å². The standard InChI is InChI=1S/C19H19F3N2O2.ClH/c1-3-16-12-24(15-6-4-5-13(11-15)19(20,21)22)18(26-16)23-14-7-9-17(25-2)10-8-14;/h4-11,16H,3,12H2,1-2H3;1H. The average molecular weight is 401 g/mol. The van der Waals surface area contributed by atoms with E-state index in [0.29, 0.717) is 29.7 Å². The third-order valence-corrected chi connectivity index (χ3v) is 4.13. The van der Waals surface area contributed by atoms with Crippen LogP contribution in [0.25, 0.3) is 0 Å². The van der Waals surface area contributed by atoms with Crippen LogP contribution in [0.15, 0.2) is 53.5 Å². The van der Waals surface area contributed by atoms with Gasteiger partial charge in [-0.15, -0.1) is 12.4 Å². The fraction of sp³-hybridized carbons (Fsp3) is 0.316. The maximum Gasteiger partial charge on any atom is 0.416 e. The van der Waals surface area contributed by atoms with Crippen LogP contribution >= 0.6 is 12.4 Å². The Hall–Kier alpha value is -2.41. The molecule has 0 N–H and O–H groups in total. The minimum atomic E-state index is -4.39. The van der Waals surface area contributed by atoms with Gasteiger partial charge in [0.1, 0.15) is 11.9 Å². The summed E-state index contributed by atoms with van der Waals surface area (Å²) in [6.07, 6.45) is -3.79. The molecule has 8 heteroatoms. The fourth-order valence-corrected chi connectivity index (χ4v) is 2.66. The number of anilines is 1. The largest absolute Gasteiger partial charge is 0.497 e. The van der Waals surface area contributed by atoms with Crippen molar-refractivity contribution in [2.24, 2.45) is 4.99 Å². The van der Waals surface area contributed by atoms with Crippen LogP contribution in [-0.2, 0) is 10.9 Å². The lowest BCUT2D eigenvalue weighted by Crippen LogP contribution is -2.26. The summed E-state index contributed by atoms with van der Waals surface area (Å²) < 4.78 is 50.0. The molecule has 0 aromatic heterocycles. The Labute approximate surface area is 162 Å². The van der Waals surface area contributed by atoms with E-state index in [1.165, 1.54) is 6.07 Å². The van der Waals surface area contributed by atoms with Crippen molar-refractivity contribution in [3.8, 4) is 5.75 Å². The first-order chi connectivity index (χ1) is 12.4. The number of alkyl halides is 3. The number of aliphatic imine (C=N–C) groups is 1. The Morgan fingerprint density at radius 2 is 1.89 bits per heavy atom. The number of hydrogen-bond acceptors (Lipinski definition) is 3. The third kappa shape index (κ3) is 4.86. The van der Waals surface area contributed by atoms with Crippen molar-refractivity contribution < 1.29 is 22.6 Å². The predicted octanol–water partition coefficient (Wildman–Crippen LogP) is 5.44. The van der Waals surface area contributed by atoms with Gasteiger partial charge in [-0.1, -0.05) is 13.0 Å². The van der Waals surface area contributed by atoms with E-state index in [4.69, 9.17) is 9.47 Å². The first-order valence-corrected chi connectivity index (χ1v) is 8.25. The Kier molecular flexibility index (Phi) is 6.59. The van der Waals surface area contributed by atoms with E-state index < -0.39 is 11.7 Å². The van der Waals surface area contributed by atoms with Crippen LogP contribution in [0.1, 0.15) is 18.9 Å². The molecule has 146 valence electrons. The fourth-order valence-electron chi connectivity index (χ4n) is 2.66. The van der Waals surface area contributed by atoms with Crippen molar-refractivity contribution in [2.45, 2.75) is 25.6 Å². The van der Waals surface area contributed by atoms with E-state index in [9.17, 15) is 13.2 Å². The quantitative estimate of drug-likeness (QED) is 0.685. The SMILES string of the molecule is CCC1CN(c2cccc(C(F)(F)F)c2)C(=Nc2ccc(OC)cc2)O1.Cl. The minimum absolute atomic E-state index is 0. The van der Waals surface area contributed by atoms with E-state index in [2.05, 4.69) is 4.99 Å². The summed E-state index contributed by atoms with van der Waals surface area (Å²) in [6, 6.07) is 12.5. The van der Waals surface area contributed by atoms with Gasteiger partial charge in [-0.05, 0) is 48.9 Å². The molecule has 1 fully saturated rings. The van der Waals surface area contributed by atoms with Gasteiger partial charge in [0.2, 0.25) is 0 Å². The van der Waals surface area contributed by atoms with Crippen LogP contribution in [0.5, 0.6) is 5.75 Å². The molecule has 1 aliphatic rings. The summed E-state index contributed by atoms with van der Waals surface area (Å²) in [5.41, 5.74) is 0.344. The van der Waals surface area contributed by atoms with Gasteiger partial charge in [0, 0.05) is 5.69 Å². The number of rotatable bonds is 4. The monoisotopic (exact) mass is 400 g/mol. The highest BCUT2D eigenvalue weighted by molar-refractivity contribution is 5.95. The first kappa shape index (κ1) is 20.9. The van der Waals surface area contributed by atoms with Gasteiger partial charge < -0.3 is 9.47 Å². The summed E-state index contributed by atoms with van der Waals surface area (Å²) in [5, 5.41) is 0. The molecule has 0 aliphatic carbocycles. The number of amidine groups is 1. The normalized spacial score (nSPS) is 18.2. The molecule has 2 aromatic rings. The predicted molar refractivity (Wildman–Crippen MR) is 101 cm³/mol. The van der Waals surface area contributed by atoms with Gasteiger partial charge in [-0.2, -0.15) is 18.2 Å². The van der Waals surface area contributed by atoms with Crippen molar-refractivity contribution in [3.05, 3.63) is 54.1 Å². The van der Waals surface area contributed by atoms with Gasteiger partial charge in [0.25, 0.3) is 6.02 Å². The molecule has 1 unspecified atom stereocenters. The molecule has 0 saturated carbocycles. The number of halogens is 4. The second kappa shape index (κ2) is 8.52. The Morgan fingerprint density at radius 1 is 1.19 bits per heavy atom. The highest BCUT2D eigenvalue weighted by Gasteiger charge is 2.34. The van der Waals surface area contributed by atoms with Crippen molar-refractivity contribution in [1.29, 1.82) is 0 Å². The highest BCUT2D eigenvalue weighted by Crippen LogP contribution is 2.33. The van der Waals surface area contributed by atoms with Crippen molar-refractivity contribution in [2.75, 3.05) is 18.6 Å². The highest BCUT2D eigenvalue weighted by atomic mass is 35.5. The summed E-state index contributed by atoms with van der Waals surface area (Å²) >= 11 is 0. The zero-order valence-corrected chi connectivity index (χ0v) is 15.7. The summed E-state index contributed by atoms with van der Waals surface area (Å²) in [7, 11) is 1.57. The lowest BCUT2D eigenvalue weighted by atomic mass is 10.1. The maximum atomic E-state index is 13.0. The molecule has 0 amide bonds. The van der Waals surface area contributed by atoms with E-state index in [0.717, 1.165) is 18.6 Å². The summed E-state index contributed by atoms with van der Waals surface area (Å²) in [5.74, 6) is 0.697. The van der Waals surface area contributed by atoms with Gasteiger partial charge in [0.15, 0.2) is 0 Å². The van der Waals surface area contributed by atoms with Crippen molar-refractivity contribution >= 4 is 29.8 Å². The first-order valence-electron chi connectivity index (χ1n) is 8.25. The minimum Gasteiger partial charge on any atom is -0.497 e. The Morgan fingerprint density at radius 3 is 2.48 bits per heavy atom. The maximum absolute atomic E-state index is 13.0. The Balaban J connectivity index is 0.00000261. The topological polar surface area (TPSA) is 34.1 Å². The van der Waals surface area contributed by atoms with Gasteiger partial charge in [-0.3, -0.25) is 4.90 Å². The third-order valence-electron chi connectivity index (χ3n) is 4.13. The molecule has 1 aliphatic heterocycles. The zero-order chi connectivity index (χ0) is 18.7. The molecule has 1 heterocycles. The second-order valence-electron chi connectivity index (χ2n) is 5.90. The lowest BCUT2D eigenvalue weighted by Gasteiger charge is -2.17. The molecular formula is C19H20ClF3N2O2. The molecule has 1 saturated heterocycles. The molecule has 1 atom stereocenters. The zero-order valence-electron chi connectivity index (χ0n) is 14.9. The number of nitrogens with zero attached hydrogens (tertiary/aromatic N) is 2. The molecule has 2 aromatic carbocycles. The van der Waals surface area contributed by atoms with Crippen LogP contribution in [0.3, 0.4) is 0 Å². The smallest absolute Gasteiger partial charge is 0.416 e. The van der Waals surface area contributed by atoms with Gasteiger partial charge in [-0.25, -0.2) is 0 Å². The molecule has 0 spiro atoms. The summed E-state index contributed by atoms with van der Waals surface area (Å²) in [4.78, 5) is 6.14. The van der Waals surface area contributed by atoms with E-state index in [-0.39, 0.29) is 18.5 Å². The molecular weight excluding hydrogens is 381 g/mol. The van der Waals surface area contributed by atoms with Crippen molar-refractivity contribution in [3.63, 3.8) is 0 Å². The number of hydrogen-bond donors (Lipinski definition) is 0. The molecule has 27 heavy (non-hydrogen) atoms. The molecule has 4 nitrogen and oxygen atoms in total. The van der Waals surface area contributed by atoms with Crippen LogP contribution in [0.4, 0.5) is 24.5 Å². The molecule has 0 radical (unpaired) electrons.